The highest BCUT2D eigenvalue weighted by molar-refractivity contribution is 5.74. The van der Waals surface area contributed by atoms with E-state index >= 15 is 0 Å². The van der Waals surface area contributed by atoms with Crippen molar-refractivity contribution < 1.29 is 14.6 Å². The molecule has 0 bridgehead atoms. The van der Waals surface area contributed by atoms with Gasteiger partial charge in [-0.3, -0.25) is 14.3 Å². The van der Waals surface area contributed by atoms with Crippen LogP contribution in [-0.4, -0.2) is 63.2 Å². The highest BCUT2D eigenvalue weighted by atomic mass is 16.5. The number of hydrogen-bond donors (Lipinski definition) is 2. The van der Waals surface area contributed by atoms with Gasteiger partial charge in [0.15, 0.2) is 11.2 Å². The molecule has 0 spiro atoms. The van der Waals surface area contributed by atoms with Gasteiger partial charge in [0.25, 0.3) is 5.56 Å². The highest BCUT2D eigenvalue weighted by Gasteiger charge is 2.24. The number of fused-ring (bicyclic) bond motifs is 1. The molecule has 10 nitrogen and oxygen atoms in total. The Morgan fingerprint density at radius 3 is 2.68 bits per heavy atom. The number of anilines is 1. The molecule has 0 amide bonds. The van der Waals surface area contributed by atoms with Crippen LogP contribution < -0.4 is 20.9 Å². The van der Waals surface area contributed by atoms with Crippen LogP contribution in [0.1, 0.15) is 11.1 Å². The number of aryl methyl sites for hydroxylation is 3. The fraction of sp³-hybridized carbons (Fsp3) is 0.476. The lowest BCUT2D eigenvalue weighted by Gasteiger charge is -2.28. The van der Waals surface area contributed by atoms with Crippen LogP contribution in [0.2, 0.25) is 0 Å². The van der Waals surface area contributed by atoms with E-state index in [1.807, 2.05) is 36.9 Å². The number of imidazole rings is 1. The van der Waals surface area contributed by atoms with Gasteiger partial charge in [-0.25, -0.2) is 4.79 Å². The molecule has 1 aliphatic rings. The van der Waals surface area contributed by atoms with E-state index in [1.54, 1.807) is 11.6 Å². The van der Waals surface area contributed by atoms with Gasteiger partial charge in [0.1, 0.15) is 18.5 Å². The monoisotopic (exact) mass is 429 g/mol. The molecule has 2 N–H and O–H groups in total. The zero-order valence-electron chi connectivity index (χ0n) is 17.9. The van der Waals surface area contributed by atoms with E-state index in [-0.39, 0.29) is 24.3 Å². The first kappa shape index (κ1) is 21.1. The molecule has 2 aromatic heterocycles. The summed E-state index contributed by atoms with van der Waals surface area (Å²) in [5, 5.41) is 10.7. The van der Waals surface area contributed by atoms with Gasteiger partial charge >= 0.3 is 5.69 Å². The summed E-state index contributed by atoms with van der Waals surface area (Å²) in [6.45, 7) is 6.45. The maximum absolute atomic E-state index is 12.6. The van der Waals surface area contributed by atoms with E-state index in [0.29, 0.717) is 38.0 Å². The average Bonchev–Trinajstić information content (AvgIpc) is 3.13. The van der Waals surface area contributed by atoms with Gasteiger partial charge in [-0.2, -0.15) is 4.98 Å². The molecule has 1 aromatic carbocycles. The van der Waals surface area contributed by atoms with Crippen LogP contribution in [0.3, 0.4) is 0 Å². The van der Waals surface area contributed by atoms with Gasteiger partial charge in [0, 0.05) is 20.1 Å². The van der Waals surface area contributed by atoms with Crippen molar-refractivity contribution in [2.45, 2.75) is 26.5 Å². The molecule has 0 aliphatic carbocycles. The smallest absolute Gasteiger partial charge is 0.329 e. The van der Waals surface area contributed by atoms with Crippen molar-refractivity contribution in [2.24, 2.45) is 7.05 Å². The third kappa shape index (κ3) is 4.21. The molecule has 4 rings (SSSR count). The van der Waals surface area contributed by atoms with E-state index in [9.17, 15) is 14.7 Å². The molecule has 0 unspecified atom stereocenters. The van der Waals surface area contributed by atoms with Crippen LogP contribution in [0.25, 0.3) is 11.2 Å². The van der Waals surface area contributed by atoms with Crippen molar-refractivity contribution in [2.75, 3.05) is 37.8 Å². The topological polar surface area (TPSA) is 115 Å². The first-order valence-electron chi connectivity index (χ1n) is 10.3. The zero-order chi connectivity index (χ0) is 22.1. The molecule has 1 atom stereocenters. The lowest BCUT2D eigenvalue weighted by molar-refractivity contribution is 0.0927. The molecule has 1 saturated heterocycles. The second-order valence-corrected chi connectivity index (χ2v) is 7.82. The molecule has 1 fully saturated rings. The first-order valence-corrected chi connectivity index (χ1v) is 10.3. The predicted molar refractivity (Wildman–Crippen MR) is 116 cm³/mol. The molecule has 10 heteroatoms. The summed E-state index contributed by atoms with van der Waals surface area (Å²) >= 11 is 0. The Balaban J connectivity index is 1.64. The maximum atomic E-state index is 12.6. The van der Waals surface area contributed by atoms with Crippen molar-refractivity contribution in [1.82, 2.24) is 19.1 Å². The molecule has 3 aromatic rings. The van der Waals surface area contributed by atoms with Gasteiger partial charge < -0.3 is 24.0 Å². The highest BCUT2D eigenvalue weighted by Crippen LogP contribution is 2.22. The number of morpholine rings is 1. The summed E-state index contributed by atoms with van der Waals surface area (Å²) in [6.07, 6.45) is -0.893. The third-order valence-corrected chi connectivity index (χ3v) is 5.59. The zero-order valence-corrected chi connectivity index (χ0v) is 17.9. The summed E-state index contributed by atoms with van der Waals surface area (Å²) in [6, 6.07) is 5.76. The van der Waals surface area contributed by atoms with Crippen LogP contribution >= 0.6 is 0 Å². The Morgan fingerprint density at radius 1 is 1.23 bits per heavy atom. The Bertz CT molecular complexity index is 1210. The van der Waals surface area contributed by atoms with Crippen LogP contribution in [0.15, 0.2) is 27.8 Å². The van der Waals surface area contributed by atoms with Crippen molar-refractivity contribution in [3.05, 3.63) is 50.2 Å². The number of hydrogen-bond acceptors (Lipinski definition) is 7. The van der Waals surface area contributed by atoms with Crippen molar-refractivity contribution in [3.8, 4) is 5.75 Å². The van der Waals surface area contributed by atoms with Gasteiger partial charge in [-0.15, -0.1) is 0 Å². The molecule has 1 aliphatic heterocycles. The quantitative estimate of drug-likeness (QED) is 0.580. The number of rotatable bonds is 6. The Labute approximate surface area is 178 Å². The van der Waals surface area contributed by atoms with Crippen LogP contribution in [0.4, 0.5) is 5.95 Å². The predicted octanol–water partition coefficient (Wildman–Crippen LogP) is 0.317. The van der Waals surface area contributed by atoms with Crippen molar-refractivity contribution >= 4 is 17.1 Å². The largest absolute Gasteiger partial charge is 0.491 e. The number of aromatic nitrogens is 4. The number of aliphatic hydroxyl groups excluding tert-OH is 1. The summed E-state index contributed by atoms with van der Waals surface area (Å²) in [4.78, 5) is 33.5. The minimum absolute atomic E-state index is 0.0500. The molecule has 0 radical (unpaired) electrons. The van der Waals surface area contributed by atoms with E-state index in [2.05, 4.69) is 9.97 Å². The van der Waals surface area contributed by atoms with Gasteiger partial charge in [-0.05, 0) is 37.1 Å². The fourth-order valence-electron chi connectivity index (χ4n) is 3.66. The second kappa shape index (κ2) is 8.56. The van der Waals surface area contributed by atoms with Gasteiger partial charge in [0.05, 0.1) is 19.8 Å². The van der Waals surface area contributed by atoms with Gasteiger partial charge in [0.2, 0.25) is 5.95 Å². The SMILES string of the molecule is Cc1ccc(OC[C@@H](O)Cn2c(N3CCOCC3)nc3c2c(=O)[nH]c(=O)n3C)cc1C. The van der Waals surface area contributed by atoms with Crippen LogP contribution in [0, 0.1) is 13.8 Å². The number of aliphatic hydroxyl groups is 1. The number of aromatic amines is 1. The minimum Gasteiger partial charge on any atom is -0.491 e. The second-order valence-electron chi connectivity index (χ2n) is 7.82. The maximum Gasteiger partial charge on any atom is 0.329 e. The van der Waals surface area contributed by atoms with E-state index in [4.69, 9.17) is 9.47 Å². The molecule has 166 valence electrons. The average molecular weight is 429 g/mol. The lowest BCUT2D eigenvalue weighted by Crippen LogP contribution is -2.39. The molecule has 3 heterocycles. The lowest BCUT2D eigenvalue weighted by atomic mass is 10.1. The van der Waals surface area contributed by atoms with Crippen molar-refractivity contribution in [1.29, 1.82) is 0 Å². The normalized spacial score (nSPS) is 15.4. The Hall–Kier alpha value is -3.11. The molecule has 0 saturated carbocycles. The third-order valence-electron chi connectivity index (χ3n) is 5.59. The summed E-state index contributed by atoms with van der Waals surface area (Å²) < 4.78 is 14.1. The van der Waals surface area contributed by atoms with E-state index < -0.39 is 17.4 Å². The minimum atomic E-state index is -0.893. The number of benzene rings is 1. The number of nitrogens with one attached hydrogen (secondary N) is 1. The molecule has 31 heavy (non-hydrogen) atoms. The number of nitrogens with zero attached hydrogens (tertiary/aromatic N) is 4. The summed E-state index contributed by atoms with van der Waals surface area (Å²) in [5.74, 6) is 1.20. The number of ether oxygens (including phenoxy) is 2. The number of H-pyrrole nitrogens is 1. The van der Waals surface area contributed by atoms with Crippen LogP contribution in [-0.2, 0) is 18.3 Å². The van der Waals surface area contributed by atoms with E-state index in [1.165, 1.54) is 4.57 Å². The van der Waals surface area contributed by atoms with Crippen LogP contribution in [0.5, 0.6) is 5.75 Å². The summed E-state index contributed by atoms with van der Waals surface area (Å²) in [7, 11) is 1.56. The molecular weight excluding hydrogens is 402 g/mol. The standard InChI is InChI=1S/C21H27N5O5/c1-13-4-5-16(10-14(13)2)31-12-15(27)11-26-17-18(24(3)21(29)23-19(17)28)22-20(26)25-6-8-30-9-7-25/h4-5,10,15,27H,6-9,11-12H2,1-3H3,(H,23,28,29)/t15-/m0/s1. The Kier molecular flexibility index (Phi) is 5.84. The van der Waals surface area contributed by atoms with E-state index in [0.717, 1.165) is 11.1 Å². The van der Waals surface area contributed by atoms with Gasteiger partial charge in [-0.1, -0.05) is 6.07 Å². The Morgan fingerprint density at radius 2 is 1.97 bits per heavy atom. The first-order chi connectivity index (χ1) is 14.8. The fourth-order valence-corrected chi connectivity index (χ4v) is 3.66. The summed E-state index contributed by atoms with van der Waals surface area (Å²) in [5.41, 5.74) is 1.72. The van der Waals surface area contributed by atoms with Crippen molar-refractivity contribution in [3.63, 3.8) is 0 Å². The molecular formula is C21H27N5O5.